The van der Waals surface area contributed by atoms with Crippen molar-refractivity contribution < 1.29 is 0 Å². The van der Waals surface area contributed by atoms with Crippen LogP contribution in [0.4, 0.5) is 5.69 Å². The Kier molecular flexibility index (Phi) is 9.79. The summed E-state index contributed by atoms with van der Waals surface area (Å²) >= 11 is 0. The molecule has 1 aliphatic heterocycles. The largest absolute Gasteiger partial charge is 0.370 e. The Morgan fingerprint density at radius 2 is 1.92 bits per heavy atom. The summed E-state index contributed by atoms with van der Waals surface area (Å²) in [6, 6.07) is 6.45. The summed E-state index contributed by atoms with van der Waals surface area (Å²) in [7, 11) is 0. The first kappa shape index (κ1) is 22.2. The van der Waals surface area contributed by atoms with E-state index >= 15 is 0 Å². The number of nitrogens with one attached hydrogen (secondary N) is 1. The maximum atomic E-state index is 6.17. The Balaban J connectivity index is 0.00000312. The van der Waals surface area contributed by atoms with Gasteiger partial charge in [-0.3, -0.25) is 4.99 Å². The number of aliphatic imine (C=N–C) groups is 1. The van der Waals surface area contributed by atoms with Gasteiger partial charge < -0.3 is 16.0 Å². The SMILES string of the molecule is CCc1cccc(CC)c1NC(N)=NCC1CCN(CC(C)C)C1.I. The van der Waals surface area contributed by atoms with Crippen molar-refractivity contribution in [2.75, 3.05) is 31.5 Å². The minimum atomic E-state index is 0. The molecule has 1 atom stereocenters. The molecule has 0 aliphatic carbocycles. The zero-order valence-electron chi connectivity index (χ0n) is 16.2. The molecule has 3 N–H and O–H groups in total. The highest BCUT2D eigenvalue weighted by atomic mass is 127. The van der Waals surface area contributed by atoms with E-state index in [1.807, 2.05) is 0 Å². The molecule has 1 unspecified atom stereocenters. The van der Waals surface area contributed by atoms with Gasteiger partial charge in [-0.15, -0.1) is 24.0 Å². The first-order valence-corrected chi connectivity index (χ1v) is 9.43. The number of aryl methyl sites for hydroxylation is 2. The molecule has 25 heavy (non-hydrogen) atoms. The van der Waals surface area contributed by atoms with Crippen LogP contribution in [0, 0.1) is 11.8 Å². The fourth-order valence-corrected chi connectivity index (χ4v) is 3.54. The second kappa shape index (κ2) is 11.0. The summed E-state index contributed by atoms with van der Waals surface area (Å²) in [5.74, 6) is 1.92. The molecular weight excluding hydrogens is 423 g/mol. The van der Waals surface area contributed by atoms with Crippen molar-refractivity contribution >= 4 is 35.6 Å². The number of para-hydroxylation sites is 1. The van der Waals surface area contributed by atoms with E-state index < -0.39 is 0 Å². The van der Waals surface area contributed by atoms with Gasteiger partial charge in [-0.1, -0.05) is 45.9 Å². The molecule has 1 aromatic carbocycles. The lowest BCUT2D eigenvalue weighted by Crippen LogP contribution is -2.27. The molecule has 0 spiro atoms. The maximum absolute atomic E-state index is 6.17. The highest BCUT2D eigenvalue weighted by Crippen LogP contribution is 2.22. The van der Waals surface area contributed by atoms with Crippen molar-refractivity contribution in [3.05, 3.63) is 29.3 Å². The summed E-state index contributed by atoms with van der Waals surface area (Å²) in [4.78, 5) is 7.17. The summed E-state index contributed by atoms with van der Waals surface area (Å²) in [6.07, 6.45) is 3.22. The average molecular weight is 458 g/mol. The van der Waals surface area contributed by atoms with Gasteiger partial charge in [0.05, 0.1) is 0 Å². The van der Waals surface area contributed by atoms with Crippen molar-refractivity contribution in [1.82, 2.24) is 4.90 Å². The van der Waals surface area contributed by atoms with Crippen LogP contribution in [0.25, 0.3) is 0 Å². The predicted molar refractivity (Wildman–Crippen MR) is 120 cm³/mol. The van der Waals surface area contributed by atoms with E-state index in [1.54, 1.807) is 0 Å². The van der Waals surface area contributed by atoms with E-state index in [2.05, 4.69) is 61.1 Å². The Morgan fingerprint density at radius 3 is 2.48 bits per heavy atom. The first-order valence-electron chi connectivity index (χ1n) is 9.43. The molecule has 142 valence electrons. The second-order valence-corrected chi connectivity index (χ2v) is 7.32. The lowest BCUT2D eigenvalue weighted by atomic mass is 10.0. The zero-order chi connectivity index (χ0) is 17.5. The fourth-order valence-electron chi connectivity index (χ4n) is 3.54. The summed E-state index contributed by atoms with van der Waals surface area (Å²) in [5.41, 5.74) is 9.93. The Bertz CT molecular complexity index is 534. The molecule has 2 rings (SSSR count). The quantitative estimate of drug-likeness (QED) is 0.367. The van der Waals surface area contributed by atoms with Crippen LogP contribution in [-0.4, -0.2) is 37.0 Å². The minimum Gasteiger partial charge on any atom is -0.370 e. The molecular formula is C20H35IN4. The fraction of sp³-hybridized carbons (Fsp3) is 0.650. The maximum Gasteiger partial charge on any atom is 0.193 e. The highest BCUT2D eigenvalue weighted by molar-refractivity contribution is 14.0. The topological polar surface area (TPSA) is 53.6 Å². The van der Waals surface area contributed by atoms with Crippen molar-refractivity contribution in [3.8, 4) is 0 Å². The third kappa shape index (κ3) is 6.77. The normalized spacial score (nSPS) is 18.4. The van der Waals surface area contributed by atoms with E-state index in [-0.39, 0.29) is 24.0 Å². The number of anilines is 1. The van der Waals surface area contributed by atoms with Gasteiger partial charge >= 0.3 is 0 Å². The number of benzene rings is 1. The van der Waals surface area contributed by atoms with Crippen LogP contribution >= 0.6 is 24.0 Å². The smallest absolute Gasteiger partial charge is 0.193 e. The van der Waals surface area contributed by atoms with Crippen LogP contribution in [0.2, 0.25) is 0 Å². The number of halogens is 1. The third-order valence-electron chi connectivity index (χ3n) is 4.77. The molecule has 5 heteroatoms. The van der Waals surface area contributed by atoms with E-state index in [9.17, 15) is 0 Å². The standard InChI is InChI=1S/C20H34N4.HI/c1-5-17-8-7-9-18(6-2)19(17)23-20(21)22-12-16-10-11-24(14-16)13-15(3)4;/h7-9,15-16H,5-6,10-14H2,1-4H3,(H3,21,22,23);1H. The van der Waals surface area contributed by atoms with Crippen molar-refractivity contribution in [2.24, 2.45) is 22.6 Å². The third-order valence-corrected chi connectivity index (χ3v) is 4.77. The molecule has 0 radical (unpaired) electrons. The summed E-state index contributed by atoms with van der Waals surface area (Å²) < 4.78 is 0. The number of guanidine groups is 1. The van der Waals surface area contributed by atoms with Crippen LogP contribution in [0.1, 0.15) is 45.2 Å². The molecule has 1 aromatic rings. The van der Waals surface area contributed by atoms with Crippen LogP contribution < -0.4 is 11.1 Å². The van der Waals surface area contributed by atoms with Gasteiger partial charge in [0.2, 0.25) is 0 Å². The van der Waals surface area contributed by atoms with E-state index in [1.165, 1.54) is 30.6 Å². The van der Waals surface area contributed by atoms with Crippen LogP contribution in [0.3, 0.4) is 0 Å². The van der Waals surface area contributed by atoms with Gasteiger partial charge in [0.15, 0.2) is 5.96 Å². The van der Waals surface area contributed by atoms with Crippen molar-refractivity contribution in [1.29, 1.82) is 0 Å². The first-order chi connectivity index (χ1) is 11.5. The van der Waals surface area contributed by atoms with E-state index in [4.69, 9.17) is 5.73 Å². The Labute approximate surface area is 170 Å². The number of hydrogen-bond donors (Lipinski definition) is 2. The molecule has 0 saturated carbocycles. The molecule has 0 amide bonds. The average Bonchev–Trinajstić information content (AvgIpc) is 2.99. The Morgan fingerprint density at radius 1 is 1.28 bits per heavy atom. The second-order valence-electron chi connectivity index (χ2n) is 7.32. The lowest BCUT2D eigenvalue weighted by molar-refractivity contribution is 0.288. The lowest BCUT2D eigenvalue weighted by Gasteiger charge is -2.18. The van der Waals surface area contributed by atoms with Gasteiger partial charge in [-0.05, 0) is 48.8 Å². The molecule has 0 aromatic heterocycles. The number of hydrogen-bond acceptors (Lipinski definition) is 2. The number of nitrogens with zero attached hydrogens (tertiary/aromatic N) is 2. The monoisotopic (exact) mass is 458 g/mol. The number of rotatable bonds is 7. The van der Waals surface area contributed by atoms with Gasteiger partial charge in [0.1, 0.15) is 0 Å². The number of likely N-dealkylation sites (tertiary alicyclic amines) is 1. The highest BCUT2D eigenvalue weighted by Gasteiger charge is 2.22. The van der Waals surface area contributed by atoms with Crippen molar-refractivity contribution in [3.63, 3.8) is 0 Å². The summed E-state index contributed by atoms with van der Waals surface area (Å²) in [5, 5.41) is 3.36. The van der Waals surface area contributed by atoms with Gasteiger partial charge in [-0.2, -0.15) is 0 Å². The molecule has 4 nitrogen and oxygen atoms in total. The molecule has 1 heterocycles. The number of nitrogens with two attached hydrogens (primary N) is 1. The zero-order valence-corrected chi connectivity index (χ0v) is 18.5. The molecule has 1 aliphatic rings. The molecule has 1 saturated heterocycles. The van der Waals surface area contributed by atoms with Gasteiger partial charge in [0.25, 0.3) is 0 Å². The van der Waals surface area contributed by atoms with Gasteiger partial charge in [-0.25, -0.2) is 0 Å². The Hall–Kier alpha value is -0.820. The predicted octanol–water partition coefficient (Wildman–Crippen LogP) is 4.13. The molecule has 1 fully saturated rings. The van der Waals surface area contributed by atoms with E-state index in [0.29, 0.717) is 11.9 Å². The van der Waals surface area contributed by atoms with Crippen LogP contribution in [-0.2, 0) is 12.8 Å². The van der Waals surface area contributed by atoms with E-state index in [0.717, 1.165) is 37.5 Å². The minimum absolute atomic E-state index is 0. The van der Waals surface area contributed by atoms with Crippen LogP contribution in [0.5, 0.6) is 0 Å². The van der Waals surface area contributed by atoms with Crippen LogP contribution in [0.15, 0.2) is 23.2 Å². The summed E-state index contributed by atoms with van der Waals surface area (Å²) in [6.45, 7) is 13.3. The molecule has 0 bridgehead atoms. The van der Waals surface area contributed by atoms with Crippen molar-refractivity contribution in [2.45, 2.75) is 47.0 Å². The van der Waals surface area contributed by atoms with Gasteiger partial charge in [0, 0.05) is 25.3 Å².